The van der Waals surface area contributed by atoms with Crippen molar-refractivity contribution in [2.24, 2.45) is 0 Å². The minimum atomic E-state index is -1.23. The average molecular weight is 712 g/mol. The summed E-state index contributed by atoms with van der Waals surface area (Å²) in [5.74, 6) is -2.45. The summed E-state index contributed by atoms with van der Waals surface area (Å²) < 4.78 is 19.9. The highest BCUT2D eigenvalue weighted by Crippen LogP contribution is 2.40. The Kier molecular flexibility index (Phi) is 9.84. The van der Waals surface area contributed by atoms with Crippen molar-refractivity contribution in [2.45, 2.75) is 18.4 Å². The van der Waals surface area contributed by atoms with E-state index in [9.17, 15) is 19.2 Å². The highest BCUT2D eigenvalue weighted by Gasteiger charge is 2.49. The summed E-state index contributed by atoms with van der Waals surface area (Å²) in [6.07, 6.45) is 0.822. The molecule has 13 heteroatoms. The molecule has 52 heavy (non-hydrogen) atoms. The monoisotopic (exact) mass is 711 g/mol. The van der Waals surface area contributed by atoms with Crippen LogP contribution in [0.5, 0.6) is 0 Å². The van der Waals surface area contributed by atoms with Gasteiger partial charge >= 0.3 is 11.9 Å². The van der Waals surface area contributed by atoms with Crippen LogP contribution >= 0.6 is 11.8 Å². The maximum atomic E-state index is 14.0. The van der Waals surface area contributed by atoms with Crippen molar-refractivity contribution in [3.05, 3.63) is 167 Å². The Hall–Kier alpha value is -6.60. The van der Waals surface area contributed by atoms with Crippen molar-refractivity contribution >= 4 is 52.5 Å². The summed E-state index contributed by atoms with van der Waals surface area (Å²) in [4.78, 5) is 69.3. The van der Waals surface area contributed by atoms with Gasteiger partial charge in [0.2, 0.25) is 18.4 Å². The number of fused-ring (bicyclic) bond motifs is 1. The Bertz CT molecular complexity index is 2220. The second-order valence-corrected chi connectivity index (χ2v) is 12.1. The molecule has 3 heterocycles. The summed E-state index contributed by atoms with van der Waals surface area (Å²) >= 11 is 1.30. The van der Waals surface area contributed by atoms with E-state index in [4.69, 9.17) is 14.2 Å². The van der Waals surface area contributed by atoms with Crippen LogP contribution in [0.2, 0.25) is 0 Å². The number of anilines is 1. The van der Waals surface area contributed by atoms with E-state index < -0.39 is 42.2 Å². The number of benzene rings is 4. The van der Waals surface area contributed by atoms with Crippen LogP contribution in [-0.2, 0) is 14.2 Å². The van der Waals surface area contributed by atoms with Crippen molar-refractivity contribution in [3.63, 3.8) is 0 Å². The highest BCUT2D eigenvalue weighted by atomic mass is 32.2. The second-order valence-electron chi connectivity index (χ2n) is 11.4. The maximum Gasteiger partial charge on any atom is 0.338 e. The van der Waals surface area contributed by atoms with Crippen molar-refractivity contribution in [1.82, 2.24) is 19.5 Å². The van der Waals surface area contributed by atoms with E-state index in [1.54, 1.807) is 133 Å². The molecular weight excluding hydrogens is 683 g/mol. The Labute approximate surface area is 301 Å². The number of hydrogen-bond acceptors (Lipinski definition) is 11. The lowest BCUT2D eigenvalue weighted by Crippen LogP contribution is -2.38. The number of carbonyl (C=O) groups excluding carboxylic acids is 4. The highest BCUT2D eigenvalue weighted by molar-refractivity contribution is 8.01. The Morgan fingerprint density at radius 1 is 0.692 bits per heavy atom. The third-order valence-corrected chi connectivity index (χ3v) is 8.59. The molecule has 1 saturated heterocycles. The number of carbonyl (C=O) groups is 4. The third kappa shape index (κ3) is 6.76. The SMILES string of the molecule is CS/C=C1\O[C@@H](n2cnc3c(N(C(=O)c4ccccc4)C(=O)c4ccccc4)ncnc32)[C@H](OC(=O)c2ccccc2)[C@@H]1OC(=O)c1ccccc1. The lowest BCUT2D eigenvalue weighted by Gasteiger charge is -2.23. The fraction of sp³-hybridized carbons (Fsp3) is 0.103. The van der Waals surface area contributed by atoms with Crippen LogP contribution in [0.25, 0.3) is 11.2 Å². The van der Waals surface area contributed by atoms with Gasteiger partial charge in [-0.3, -0.25) is 14.2 Å². The first-order valence-corrected chi connectivity index (χ1v) is 17.3. The predicted octanol–water partition coefficient (Wildman–Crippen LogP) is 6.50. The first-order chi connectivity index (χ1) is 25.4. The minimum Gasteiger partial charge on any atom is -0.466 e. The number of ether oxygens (including phenoxy) is 3. The van der Waals surface area contributed by atoms with E-state index >= 15 is 0 Å². The number of esters is 2. The van der Waals surface area contributed by atoms with Crippen LogP contribution in [0, 0.1) is 0 Å². The number of aromatic nitrogens is 4. The number of hydrogen-bond donors (Lipinski definition) is 0. The Balaban J connectivity index is 1.32. The van der Waals surface area contributed by atoms with E-state index in [1.165, 1.54) is 29.0 Å². The molecule has 0 radical (unpaired) electrons. The van der Waals surface area contributed by atoms with Crippen molar-refractivity contribution in [2.75, 3.05) is 11.2 Å². The Morgan fingerprint density at radius 3 is 1.71 bits per heavy atom. The van der Waals surface area contributed by atoms with Gasteiger partial charge in [0.05, 0.1) is 11.1 Å². The minimum absolute atomic E-state index is 0.0748. The zero-order valence-corrected chi connectivity index (χ0v) is 28.3. The van der Waals surface area contributed by atoms with Gasteiger partial charge in [0.25, 0.3) is 11.8 Å². The van der Waals surface area contributed by atoms with Crippen LogP contribution in [0.4, 0.5) is 5.82 Å². The van der Waals surface area contributed by atoms with E-state index in [-0.39, 0.29) is 39.4 Å². The summed E-state index contributed by atoms with van der Waals surface area (Å²) in [6.45, 7) is 0. The van der Waals surface area contributed by atoms with Gasteiger partial charge in [0.15, 0.2) is 22.7 Å². The smallest absolute Gasteiger partial charge is 0.338 e. The summed E-state index contributed by atoms with van der Waals surface area (Å²) in [7, 11) is 0. The molecule has 3 atom stereocenters. The van der Waals surface area contributed by atoms with Gasteiger partial charge in [-0.1, -0.05) is 72.8 Å². The standard InChI is InChI=1S/C39H29N5O7S/c1-52-22-29-31(50-38(47)27-18-10-4-11-19-27)32(51-39(48)28-20-12-5-13-21-28)37(49-29)43-24-42-30-33(43)40-23-41-34(30)44(35(45)25-14-6-2-7-15-25)36(46)26-16-8-3-9-17-26/h2-24,31-32,37H,1H3/b29-22-/t31-,32-,37-/m1/s1. The normalized spacial score (nSPS) is 17.3. The van der Waals surface area contributed by atoms with Gasteiger partial charge in [-0.2, -0.15) is 0 Å². The summed E-state index contributed by atoms with van der Waals surface area (Å²) in [5, 5.41) is 1.66. The Morgan fingerprint density at radius 2 is 1.19 bits per heavy atom. The van der Waals surface area contributed by atoms with E-state index in [2.05, 4.69) is 15.0 Å². The first kappa shape index (κ1) is 33.9. The van der Waals surface area contributed by atoms with Crippen molar-refractivity contribution in [3.8, 4) is 0 Å². The molecule has 2 amide bonds. The zero-order valence-electron chi connectivity index (χ0n) is 27.5. The molecule has 1 fully saturated rings. The number of nitrogens with zero attached hydrogens (tertiary/aromatic N) is 5. The molecular formula is C39H29N5O7S. The number of rotatable bonds is 9. The fourth-order valence-corrected chi connectivity index (χ4v) is 6.10. The van der Waals surface area contributed by atoms with Crippen LogP contribution in [-0.4, -0.2) is 61.7 Å². The topological polar surface area (TPSA) is 143 Å². The molecule has 258 valence electrons. The van der Waals surface area contributed by atoms with Gasteiger partial charge in [-0.15, -0.1) is 11.8 Å². The molecule has 2 aromatic heterocycles. The largest absolute Gasteiger partial charge is 0.466 e. The maximum absolute atomic E-state index is 14.0. The molecule has 4 aromatic carbocycles. The van der Waals surface area contributed by atoms with Crippen molar-refractivity contribution in [1.29, 1.82) is 0 Å². The molecule has 0 aliphatic carbocycles. The quantitative estimate of drug-likeness (QED) is 0.120. The van der Waals surface area contributed by atoms with E-state index in [0.29, 0.717) is 5.56 Å². The molecule has 1 aliphatic rings. The predicted molar refractivity (Wildman–Crippen MR) is 192 cm³/mol. The van der Waals surface area contributed by atoms with Crippen LogP contribution < -0.4 is 4.90 Å². The van der Waals surface area contributed by atoms with Gasteiger partial charge < -0.3 is 14.2 Å². The number of amides is 2. The average Bonchev–Trinajstić information content (AvgIpc) is 3.77. The molecule has 6 aromatic rings. The number of thioether (sulfide) groups is 1. The molecule has 7 rings (SSSR count). The molecule has 0 bridgehead atoms. The van der Waals surface area contributed by atoms with Crippen LogP contribution in [0.3, 0.4) is 0 Å². The number of imidazole rings is 1. The molecule has 0 N–H and O–H groups in total. The van der Waals surface area contributed by atoms with Crippen LogP contribution in [0.1, 0.15) is 47.7 Å². The first-order valence-electron chi connectivity index (χ1n) is 16.0. The summed E-state index contributed by atoms with van der Waals surface area (Å²) in [5.41, 5.74) is 1.30. The summed E-state index contributed by atoms with van der Waals surface area (Å²) in [6, 6.07) is 33.5. The van der Waals surface area contributed by atoms with Gasteiger partial charge in [-0.05, 0) is 54.8 Å². The van der Waals surface area contributed by atoms with E-state index in [0.717, 1.165) is 4.90 Å². The number of imide groups is 1. The van der Waals surface area contributed by atoms with Gasteiger partial charge in [0.1, 0.15) is 12.7 Å². The lowest BCUT2D eigenvalue weighted by atomic mass is 10.1. The van der Waals surface area contributed by atoms with Crippen molar-refractivity contribution < 1.29 is 33.4 Å². The van der Waals surface area contributed by atoms with Gasteiger partial charge in [0, 0.05) is 16.5 Å². The van der Waals surface area contributed by atoms with Crippen LogP contribution in [0.15, 0.2) is 145 Å². The molecule has 0 spiro atoms. The van der Waals surface area contributed by atoms with E-state index in [1.807, 2.05) is 0 Å². The van der Waals surface area contributed by atoms with Gasteiger partial charge in [-0.25, -0.2) is 29.4 Å². The fourth-order valence-electron chi connectivity index (χ4n) is 5.67. The zero-order chi connectivity index (χ0) is 36.0. The second kappa shape index (κ2) is 15.1. The molecule has 12 nitrogen and oxygen atoms in total. The third-order valence-electron chi connectivity index (χ3n) is 8.12. The lowest BCUT2D eigenvalue weighted by molar-refractivity contribution is -0.0454. The molecule has 0 saturated carbocycles. The molecule has 0 unspecified atom stereocenters. The molecule has 1 aliphatic heterocycles.